The van der Waals surface area contributed by atoms with Crippen molar-refractivity contribution in [2.45, 2.75) is 39.0 Å². The Morgan fingerprint density at radius 3 is 2.62 bits per heavy atom. The van der Waals surface area contributed by atoms with Crippen LogP contribution in [0.3, 0.4) is 0 Å². The molecule has 1 saturated carbocycles. The topological polar surface area (TPSA) is 87.7 Å². The summed E-state index contributed by atoms with van der Waals surface area (Å²) in [5, 5.41) is 14.8. The molecule has 2 atom stereocenters. The molecule has 3 N–H and O–H groups in total. The second-order valence-electron chi connectivity index (χ2n) is 6.62. The minimum Gasteiger partial charge on any atom is -0.481 e. The molecule has 0 aromatic heterocycles. The summed E-state index contributed by atoms with van der Waals surface area (Å²) < 4.78 is 5.34. The second kappa shape index (κ2) is 7.11. The molecule has 2 rings (SSSR count). The number of nitrogens with one attached hydrogen (secondary N) is 2. The third-order valence-electron chi connectivity index (χ3n) is 4.88. The normalized spacial score (nSPS) is 28.0. The Labute approximate surface area is 125 Å². The molecule has 6 heteroatoms. The maximum absolute atomic E-state index is 11.9. The lowest BCUT2D eigenvalue weighted by atomic mass is 9.82. The Kier molecular flexibility index (Phi) is 5.45. The fourth-order valence-electron chi connectivity index (χ4n) is 3.23. The van der Waals surface area contributed by atoms with Crippen LogP contribution in [0.2, 0.25) is 0 Å². The molecular formula is C15H26N2O4. The van der Waals surface area contributed by atoms with Crippen LogP contribution in [0, 0.1) is 17.3 Å². The van der Waals surface area contributed by atoms with E-state index in [-0.39, 0.29) is 23.3 Å². The number of carbonyl (C=O) groups excluding carboxylic acids is 1. The Morgan fingerprint density at radius 1 is 1.24 bits per heavy atom. The van der Waals surface area contributed by atoms with E-state index >= 15 is 0 Å². The van der Waals surface area contributed by atoms with E-state index in [4.69, 9.17) is 9.84 Å². The van der Waals surface area contributed by atoms with Crippen molar-refractivity contribution in [3.8, 4) is 0 Å². The number of carboxylic acids is 1. The number of amides is 2. The predicted molar refractivity (Wildman–Crippen MR) is 78.0 cm³/mol. The maximum Gasteiger partial charge on any atom is 0.314 e. The van der Waals surface area contributed by atoms with E-state index in [0.717, 1.165) is 45.3 Å². The minimum atomic E-state index is -0.741. The predicted octanol–water partition coefficient (Wildman–Crippen LogP) is 1.60. The van der Waals surface area contributed by atoms with Crippen LogP contribution in [-0.4, -0.2) is 43.4 Å². The average molecular weight is 298 g/mol. The quantitative estimate of drug-likeness (QED) is 0.719. The van der Waals surface area contributed by atoms with Crippen molar-refractivity contribution in [1.82, 2.24) is 10.6 Å². The van der Waals surface area contributed by atoms with E-state index in [2.05, 4.69) is 17.6 Å². The summed E-state index contributed by atoms with van der Waals surface area (Å²) in [6.45, 7) is 4.75. The summed E-state index contributed by atoms with van der Waals surface area (Å²) in [6, 6.07) is -0.196. The van der Waals surface area contributed by atoms with Gasteiger partial charge in [-0.3, -0.25) is 4.79 Å². The number of rotatable bonds is 5. The lowest BCUT2D eigenvalue weighted by molar-refractivity contribution is -0.142. The molecule has 1 aliphatic heterocycles. The van der Waals surface area contributed by atoms with Gasteiger partial charge in [0.15, 0.2) is 0 Å². The average Bonchev–Trinajstić information content (AvgIpc) is 2.92. The molecule has 21 heavy (non-hydrogen) atoms. The van der Waals surface area contributed by atoms with Gasteiger partial charge in [0.1, 0.15) is 0 Å². The van der Waals surface area contributed by atoms with Crippen LogP contribution in [0.25, 0.3) is 0 Å². The van der Waals surface area contributed by atoms with Crippen molar-refractivity contribution in [2.75, 3.05) is 26.3 Å². The summed E-state index contributed by atoms with van der Waals surface area (Å²) >= 11 is 0. The van der Waals surface area contributed by atoms with Gasteiger partial charge >= 0.3 is 12.0 Å². The fourth-order valence-corrected chi connectivity index (χ4v) is 3.23. The third-order valence-corrected chi connectivity index (χ3v) is 4.88. The lowest BCUT2D eigenvalue weighted by Gasteiger charge is -2.33. The first-order valence-electron chi connectivity index (χ1n) is 7.82. The number of ether oxygens (including phenoxy) is 1. The Morgan fingerprint density at radius 2 is 1.95 bits per heavy atom. The van der Waals surface area contributed by atoms with Crippen LogP contribution in [0.1, 0.15) is 39.0 Å². The van der Waals surface area contributed by atoms with E-state index in [1.807, 2.05) is 0 Å². The molecule has 0 bridgehead atoms. The molecule has 0 radical (unpaired) electrons. The fraction of sp³-hybridized carbons (Fsp3) is 0.867. The van der Waals surface area contributed by atoms with Crippen molar-refractivity contribution >= 4 is 12.0 Å². The van der Waals surface area contributed by atoms with Gasteiger partial charge in [-0.05, 0) is 37.0 Å². The van der Waals surface area contributed by atoms with Crippen LogP contribution < -0.4 is 10.6 Å². The first kappa shape index (κ1) is 16.1. The number of carboxylic acid groups (broad SMARTS) is 1. The molecule has 2 amide bonds. The van der Waals surface area contributed by atoms with Crippen LogP contribution in [0.15, 0.2) is 0 Å². The van der Waals surface area contributed by atoms with Gasteiger partial charge in [-0.25, -0.2) is 4.79 Å². The number of aliphatic carboxylic acids is 1. The van der Waals surface area contributed by atoms with Gasteiger partial charge < -0.3 is 20.5 Å². The molecule has 2 unspecified atom stereocenters. The van der Waals surface area contributed by atoms with Crippen molar-refractivity contribution in [3.63, 3.8) is 0 Å². The van der Waals surface area contributed by atoms with Crippen LogP contribution >= 0.6 is 0 Å². The van der Waals surface area contributed by atoms with Gasteiger partial charge in [-0.1, -0.05) is 13.3 Å². The molecule has 120 valence electrons. The molecule has 6 nitrogen and oxygen atoms in total. The number of hydrogen-bond acceptors (Lipinski definition) is 3. The summed E-state index contributed by atoms with van der Waals surface area (Å²) in [5.41, 5.74) is 0.104. The first-order chi connectivity index (χ1) is 10.0. The number of hydrogen-bond donors (Lipinski definition) is 3. The zero-order chi connectivity index (χ0) is 15.3. The second-order valence-corrected chi connectivity index (χ2v) is 6.62. The molecule has 1 aliphatic carbocycles. The molecular weight excluding hydrogens is 272 g/mol. The van der Waals surface area contributed by atoms with Crippen LogP contribution in [0.5, 0.6) is 0 Å². The number of carbonyl (C=O) groups is 2. The van der Waals surface area contributed by atoms with Gasteiger partial charge in [0, 0.05) is 26.3 Å². The largest absolute Gasteiger partial charge is 0.481 e. The first-order valence-corrected chi connectivity index (χ1v) is 7.82. The summed E-state index contributed by atoms with van der Waals surface area (Å²) in [7, 11) is 0. The van der Waals surface area contributed by atoms with Crippen LogP contribution in [0.4, 0.5) is 4.79 Å². The van der Waals surface area contributed by atoms with E-state index in [1.165, 1.54) is 0 Å². The van der Waals surface area contributed by atoms with Crippen LogP contribution in [-0.2, 0) is 9.53 Å². The van der Waals surface area contributed by atoms with E-state index in [0.29, 0.717) is 13.1 Å². The van der Waals surface area contributed by atoms with E-state index in [1.54, 1.807) is 0 Å². The summed E-state index contributed by atoms with van der Waals surface area (Å²) in [6.07, 6.45) is 4.45. The standard InChI is InChI=1S/C15H26N2O4/c1-15(5-7-21-8-6-15)10-17-14(20)16-9-11-3-2-4-12(11)13(18)19/h11-12H,2-10H2,1H3,(H,18,19)(H2,16,17,20). The molecule has 1 heterocycles. The highest BCUT2D eigenvalue weighted by Gasteiger charge is 2.33. The summed E-state index contributed by atoms with van der Waals surface area (Å²) in [4.78, 5) is 23.0. The SMILES string of the molecule is CC1(CNC(=O)NCC2CCCC2C(=O)O)CCOCC1. The molecule has 0 aromatic carbocycles. The van der Waals surface area contributed by atoms with E-state index < -0.39 is 5.97 Å². The molecule has 2 aliphatic rings. The maximum atomic E-state index is 11.9. The monoisotopic (exact) mass is 298 g/mol. The van der Waals surface area contributed by atoms with Crippen molar-refractivity contribution < 1.29 is 19.4 Å². The van der Waals surface area contributed by atoms with Gasteiger partial charge in [-0.15, -0.1) is 0 Å². The Balaban J connectivity index is 1.69. The van der Waals surface area contributed by atoms with Crippen molar-refractivity contribution in [3.05, 3.63) is 0 Å². The van der Waals surface area contributed by atoms with Crippen molar-refractivity contribution in [2.24, 2.45) is 17.3 Å². The minimum absolute atomic E-state index is 0.0620. The van der Waals surface area contributed by atoms with Gasteiger partial charge in [-0.2, -0.15) is 0 Å². The Bertz CT molecular complexity index is 380. The highest BCUT2D eigenvalue weighted by molar-refractivity contribution is 5.74. The lowest BCUT2D eigenvalue weighted by Crippen LogP contribution is -2.45. The molecule has 0 spiro atoms. The van der Waals surface area contributed by atoms with Gasteiger partial charge in [0.25, 0.3) is 0 Å². The smallest absolute Gasteiger partial charge is 0.314 e. The molecule has 0 aromatic rings. The van der Waals surface area contributed by atoms with Crippen molar-refractivity contribution in [1.29, 1.82) is 0 Å². The Hall–Kier alpha value is -1.30. The number of urea groups is 1. The molecule has 1 saturated heterocycles. The van der Waals surface area contributed by atoms with Gasteiger partial charge in [0.05, 0.1) is 5.92 Å². The third kappa shape index (κ3) is 4.59. The zero-order valence-electron chi connectivity index (χ0n) is 12.7. The molecule has 2 fully saturated rings. The highest BCUT2D eigenvalue weighted by atomic mass is 16.5. The highest BCUT2D eigenvalue weighted by Crippen LogP contribution is 2.31. The zero-order valence-corrected chi connectivity index (χ0v) is 12.7. The summed E-state index contributed by atoms with van der Waals surface area (Å²) in [5.74, 6) is -0.986. The van der Waals surface area contributed by atoms with Gasteiger partial charge in [0.2, 0.25) is 0 Å². The van der Waals surface area contributed by atoms with E-state index in [9.17, 15) is 9.59 Å².